The maximum Gasteiger partial charge on any atom is 0.253 e. The molecule has 31 heavy (non-hydrogen) atoms. The van der Waals surface area contributed by atoms with E-state index in [9.17, 15) is 13.2 Å². The first-order valence-corrected chi connectivity index (χ1v) is 12.4. The minimum atomic E-state index is -3.28. The van der Waals surface area contributed by atoms with E-state index in [1.807, 2.05) is 11.4 Å². The summed E-state index contributed by atoms with van der Waals surface area (Å²) in [4.78, 5) is 18.7. The molecule has 0 spiro atoms. The Morgan fingerprint density at radius 3 is 2.55 bits per heavy atom. The number of rotatable bonds is 10. The molecule has 3 aromatic rings. The van der Waals surface area contributed by atoms with E-state index < -0.39 is 9.84 Å². The Morgan fingerprint density at radius 1 is 1.10 bits per heavy atom. The molecule has 0 saturated heterocycles. The lowest BCUT2D eigenvalue weighted by Gasteiger charge is -2.18. The summed E-state index contributed by atoms with van der Waals surface area (Å²) in [5.74, 6) is 0.987. The second-order valence-corrected chi connectivity index (χ2v) is 9.71. The van der Waals surface area contributed by atoms with Crippen molar-refractivity contribution in [3.8, 4) is 11.5 Å². The number of carbonyl (C=O) groups excluding carboxylic acids is 1. The molecule has 0 radical (unpaired) electrons. The summed E-state index contributed by atoms with van der Waals surface area (Å²) in [5.41, 5.74) is 3.14. The zero-order chi connectivity index (χ0) is 22.3. The van der Waals surface area contributed by atoms with Crippen LogP contribution in [-0.2, 0) is 16.4 Å². The molecule has 9 heteroatoms. The van der Waals surface area contributed by atoms with E-state index in [0.717, 1.165) is 11.9 Å². The zero-order valence-corrected chi connectivity index (χ0v) is 19.0. The van der Waals surface area contributed by atoms with Gasteiger partial charge in [-0.3, -0.25) is 4.79 Å². The fourth-order valence-corrected chi connectivity index (χ4v) is 3.99. The largest absolute Gasteiger partial charge is 0.493 e. The molecule has 0 fully saturated rings. The number of carbonyl (C=O) groups is 1. The predicted molar refractivity (Wildman–Crippen MR) is 120 cm³/mol. The van der Waals surface area contributed by atoms with Gasteiger partial charge in [-0.25, -0.2) is 13.4 Å². The van der Waals surface area contributed by atoms with E-state index in [2.05, 4.69) is 4.98 Å². The van der Waals surface area contributed by atoms with Crippen LogP contribution in [0.2, 0.25) is 0 Å². The van der Waals surface area contributed by atoms with Gasteiger partial charge in [-0.15, -0.1) is 11.3 Å². The number of benzene rings is 2. The van der Waals surface area contributed by atoms with Crippen molar-refractivity contribution in [1.29, 1.82) is 0 Å². The van der Waals surface area contributed by atoms with Gasteiger partial charge < -0.3 is 14.4 Å². The molecule has 0 saturated carbocycles. The van der Waals surface area contributed by atoms with Crippen molar-refractivity contribution in [2.75, 3.05) is 26.5 Å². The molecule has 1 heterocycles. The van der Waals surface area contributed by atoms with E-state index in [4.69, 9.17) is 9.47 Å². The molecule has 0 bridgehead atoms. The summed E-state index contributed by atoms with van der Waals surface area (Å²) in [5, 5.41) is 1.92. The normalized spacial score (nSPS) is 11.2. The molecular formula is C22H24N2O5S2. The second kappa shape index (κ2) is 10.4. The summed E-state index contributed by atoms with van der Waals surface area (Å²) in [6.07, 6.45) is 1.76. The number of aromatic nitrogens is 1. The van der Waals surface area contributed by atoms with Crippen molar-refractivity contribution in [3.63, 3.8) is 0 Å². The molecular weight excluding hydrogens is 436 g/mol. The summed E-state index contributed by atoms with van der Waals surface area (Å²) in [6, 6.07) is 13.5. The first-order chi connectivity index (χ1) is 14.8. The fraction of sp³-hybridized carbons (Fsp3) is 0.273. The van der Waals surface area contributed by atoms with Gasteiger partial charge in [0.15, 0.2) is 9.84 Å². The maximum atomic E-state index is 12.7. The Hall–Kier alpha value is -2.91. The van der Waals surface area contributed by atoms with Crippen LogP contribution in [0.5, 0.6) is 11.5 Å². The van der Waals surface area contributed by atoms with Crippen LogP contribution in [0.3, 0.4) is 0 Å². The van der Waals surface area contributed by atoms with Gasteiger partial charge in [-0.1, -0.05) is 12.1 Å². The summed E-state index contributed by atoms with van der Waals surface area (Å²) >= 11 is 1.51. The number of amides is 1. The Morgan fingerprint density at radius 2 is 1.84 bits per heavy atom. The monoisotopic (exact) mass is 460 g/mol. The van der Waals surface area contributed by atoms with Crippen molar-refractivity contribution in [2.24, 2.45) is 0 Å². The van der Waals surface area contributed by atoms with Crippen LogP contribution in [0, 0.1) is 0 Å². The first kappa shape index (κ1) is 22.8. The fourth-order valence-electron chi connectivity index (χ4n) is 2.79. The number of nitrogens with zero attached hydrogens (tertiary/aromatic N) is 2. The Bertz CT molecular complexity index is 1110. The van der Waals surface area contributed by atoms with Gasteiger partial charge in [-0.2, -0.15) is 0 Å². The Labute approximate surface area is 186 Å². The molecule has 0 atom stereocenters. The minimum Gasteiger partial charge on any atom is -0.493 e. The smallest absolute Gasteiger partial charge is 0.253 e. The van der Waals surface area contributed by atoms with Crippen molar-refractivity contribution in [1.82, 2.24) is 9.88 Å². The molecule has 164 valence electrons. The number of sulfone groups is 1. The van der Waals surface area contributed by atoms with Gasteiger partial charge in [0.1, 0.15) is 18.1 Å². The van der Waals surface area contributed by atoms with E-state index in [-0.39, 0.29) is 10.8 Å². The Kier molecular flexibility index (Phi) is 7.64. The van der Waals surface area contributed by atoms with Gasteiger partial charge in [-0.05, 0) is 42.8 Å². The van der Waals surface area contributed by atoms with E-state index in [1.165, 1.54) is 23.5 Å². The molecule has 2 aromatic carbocycles. The molecule has 1 aromatic heterocycles. The quantitative estimate of drug-likeness (QED) is 0.429. The van der Waals surface area contributed by atoms with Crippen molar-refractivity contribution >= 4 is 27.1 Å². The number of ether oxygens (including phenoxy) is 2. The number of hydrogen-bond donors (Lipinski definition) is 0. The van der Waals surface area contributed by atoms with Gasteiger partial charge in [0, 0.05) is 30.8 Å². The molecule has 0 aliphatic carbocycles. The van der Waals surface area contributed by atoms with Crippen LogP contribution in [-0.4, -0.2) is 50.7 Å². The number of hydrogen-bond acceptors (Lipinski definition) is 7. The average Bonchev–Trinajstić information content (AvgIpc) is 3.28. The highest BCUT2D eigenvalue weighted by atomic mass is 32.2. The molecule has 0 N–H and O–H groups in total. The minimum absolute atomic E-state index is 0.113. The lowest BCUT2D eigenvalue weighted by Crippen LogP contribution is -2.28. The molecule has 7 nitrogen and oxygen atoms in total. The van der Waals surface area contributed by atoms with Gasteiger partial charge in [0.05, 0.1) is 22.7 Å². The molecule has 0 aliphatic rings. The van der Waals surface area contributed by atoms with Gasteiger partial charge >= 0.3 is 0 Å². The van der Waals surface area contributed by atoms with Crippen LogP contribution in [0.1, 0.15) is 22.5 Å². The van der Waals surface area contributed by atoms with Crippen LogP contribution in [0.25, 0.3) is 0 Å². The van der Waals surface area contributed by atoms with Gasteiger partial charge in [0.2, 0.25) is 0 Å². The van der Waals surface area contributed by atoms with Crippen molar-refractivity contribution in [3.05, 3.63) is 70.7 Å². The maximum absolute atomic E-state index is 12.7. The second-order valence-electron chi connectivity index (χ2n) is 6.97. The van der Waals surface area contributed by atoms with Crippen LogP contribution in [0.4, 0.5) is 0 Å². The average molecular weight is 461 g/mol. The van der Waals surface area contributed by atoms with Crippen LogP contribution >= 0.6 is 11.3 Å². The summed E-state index contributed by atoms with van der Waals surface area (Å²) in [7, 11) is -1.55. The number of thiazole rings is 1. The summed E-state index contributed by atoms with van der Waals surface area (Å²) in [6.45, 7) is 1.21. The molecule has 1 amide bonds. The summed E-state index contributed by atoms with van der Waals surface area (Å²) < 4.78 is 34.6. The van der Waals surface area contributed by atoms with Gasteiger partial charge in [0.25, 0.3) is 5.91 Å². The standard InChI is InChI=1S/C22H24N2O5S2/c1-24(10-5-11-28-20-8-4-9-21(13-20)31(2,26)27)22(25)17-6-3-7-19(12-17)29-14-18-15-30-16-23-18/h3-4,6-9,12-13,15-16H,5,10-11,14H2,1-2H3. The lowest BCUT2D eigenvalue weighted by molar-refractivity contribution is 0.0787. The van der Waals surface area contributed by atoms with Crippen LogP contribution in [0.15, 0.2) is 64.3 Å². The third-order valence-corrected chi connectivity index (χ3v) is 6.18. The lowest BCUT2D eigenvalue weighted by atomic mass is 10.2. The topological polar surface area (TPSA) is 85.8 Å². The molecule has 0 unspecified atom stereocenters. The van der Waals surface area contributed by atoms with E-state index >= 15 is 0 Å². The molecule has 3 rings (SSSR count). The zero-order valence-electron chi connectivity index (χ0n) is 17.4. The van der Waals surface area contributed by atoms with E-state index in [1.54, 1.807) is 47.8 Å². The highest BCUT2D eigenvalue weighted by Gasteiger charge is 2.13. The van der Waals surface area contributed by atoms with Crippen molar-refractivity contribution in [2.45, 2.75) is 17.9 Å². The Balaban J connectivity index is 1.48. The SMILES string of the molecule is CN(CCCOc1cccc(S(C)(=O)=O)c1)C(=O)c1cccc(OCc2cscn2)c1. The predicted octanol–water partition coefficient (Wildman–Crippen LogP) is 3.67. The first-order valence-electron chi connectivity index (χ1n) is 9.61. The highest BCUT2D eigenvalue weighted by molar-refractivity contribution is 7.90. The van der Waals surface area contributed by atoms with Crippen LogP contribution < -0.4 is 9.47 Å². The van der Waals surface area contributed by atoms with E-state index in [0.29, 0.717) is 43.2 Å². The third-order valence-electron chi connectivity index (χ3n) is 4.44. The molecule has 0 aliphatic heterocycles. The third kappa shape index (κ3) is 6.80. The van der Waals surface area contributed by atoms with Crippen molar-refractivity contribution < 1.29 is 22.7 Å². The highest BCUT2D eigenvalue weighted by Crippen LogP contribution is 2.18.